The Labute approximate surface area is 156 Å². The number of nitrogens with zero attached hydrogens (tertiary/aromatic N) is 1. The van der Waals surface area contributed by atoms with Crippen LogP contribution in [0.1, 0.15) is 23.5 Å². The number of carbonyl (C=O) groups excluding carboxylic acids is 1. The number of aryl methyl sites for hydroxylation is 1. The molecule has 1 unspecified atom stereocenters. The van der Waals surface area contributed by atoms with Gasteiger partial charge in [0, 0.05) is 10.7 Å². The predicted octanol–water partition coefficient (Wildman–Crippen LogP) is 3.47. The molecule has 0 aliphatic heterocycles. The fourth-order valence-electron chi connectivity index (χ4n) is 2.57. The van der Waals surface area contributed by atoms with Crippen molar-refractivity contribution in [3.05, 3.63) is 58.1 Å². The summed E-state index contributed by atoms with van der Waals surface area (Å²) in [7, 11) is 2.01. The first-order chi connectivity index (χ1) is 11.9. The minimum absolute atomic E-state index is 0.0367. The van der Waals surface area contributed by atoms with E-state index in [2.05, 4.69) is 18.3 Å². The number of anilines is 1. The van der Waals surface area contributed by atoms with Gasteiger partial charge in [-0.25, -0.2) is 4.98 Å². The van der Waals surface area contributed by atoms with E-state index in [4.69, 9.17) is 16.6 Å². The van der Waals surface area contributed by atoms with Gasteiger partial charge in [-0.1, -0.05) is 29.8 Å². The van der Waals surface area contributed by atoms with Gasteiger partial charge in [0.2, 0.25) is 0 Å². The van der Waals surface area contributed by atoms with Crippen LogP contribution in [0.3, 0.4) is 0 Å². The molecule has 1 amide bonds. The van der Waals surface area contributed by atoms with Crippen molar-refractivity contribution in [1.29, 1.82) is 0 Å². The average Bonchev–Trinajstić information content (AvgIpc) is 3.01. The summed E-state index contributed by atoms with van der Waals surface area (Å²) in [4.78, 5) is 18.1. The first-order valence-electron chi connectivity index (χ1n) is 8.18. The lowest BCUT2D eigenvalue weighted by atomic mass is 10.2. The lowest BCUT2D eigenvalue weighted by Crippen LogP contribution is -3.10. The van der Waals surface area contributed by atoms with Crippen LogP contribution >= 0.6 is 22.9 Å². The van der Waals surface area contributed by atoms with Gasteiger partial charge in [-0.05, 0) is 43.7 Å². The molecule has 1 heterocycles. The normalized spacial score (nSPS) is 13.6. The van der Waals surface area contributed by atoms with Crippen LogP contribution in [0.4, 0.5) is 5.69 Å². The van der Waals surface area contributed by atoms with Gasteiger partial charge < -0.3 is 10.2 Å². The number of hydrogen-bond donors (Lipinski definition) is 2. The molecule has 2 atom stereocenters. The Bertz CT molecular complexity index is 876. The first-order valence-corrected chi connectivity index (χ1v) is 9.37. The van der Waals surface area contributed by atoms with Crippen molar-refractivity contribution in [2.24, 2.45) is 0 Å². The zero-order chi connectivity index (χ0) is 18.0. The molecule has 0 spiro atoms. The number of hydrogen-bond acceptors (Lipinski definition) is 3. The first kappa shape index (κ1) is 17.9. The van der Waals surface area contributed by atoms with E-state index in [1.54, 1.807) is 17.4 Å². The number of para-hydroxylation sites is 1. The molecular weight excluding hydrogens is 354 g/mol. The molecule has 4 nitrogen and oxygen atoms in total. The number of amides is 1. The van der Waals surface area contributed by atoms with Gasteiger partial charge in [-0.2, -0.15) is 0 Å². The molecule has 0 bridgehead atoms. The maximum atomic E-state index is 12.3. The summed E-state index contributed by atoms with van der Waals surface area (Å²) in [6.07, 6.45) is 0. The zero-order valence-electron chi connectivity index (χ0n) is 14.5. The molecule has 2 N–H and O–H groups in total. The third-order valence-corrected chi connectivity index (χ3v) is 5.94. The Morgan fingerprint density at radius 1 is 1.32 bits per heavy atom. The molecule has 1 aromatic heterocycles. The van der Waals surface area contributed by atoms with E-state index in [-0.39, 0.29) is 11.9 Å². The van der Waals surface area contributed by atoms with Gasteiger partial charge >= 0.3 is 0 Å². The largest absolute Gasteiger partial charge is 0.322 e. The Kier molecular flexibility index (Phi) is 5.37. The van der Waals surface area contributed by atoms with Crippen LogP contribution in [0, 0.1) is 6.92 Å². The van der Waals surface area contributed by atoms with Gasteiger partial charge in [0.05, 0.1) is 17.3 Å². The summed E-state index contributed by atoms with van der Waals surface area (Å²) in [6, 6.07) is 13.8. The molecule has 3 rings (SSSR count). The van der Waals surface area contributed by atoms with Crippen LogP contribution in [-0.2, 0) is 4.79 Å². The van der Waals surface area contributed by atoms with Crippen molar-refractivity contribution in [2.75, 3.05) is 18.9 Å². The second-order valence-electron chi connectivity index (χ2n) is 6.28. The fraction of sp³-hybridized carbons (Fsp3) is 0.263. The molecule has 0 aliphatic carbocycles. The number of thiazole rings is 1. The average molecular weight is 375 g/mol. The molecule has 25 heavy (non-hydrogen) atoms. The second-order valence-corrected chi connectivity index (χ2v) is 7.75. The number of carbonyl (C=O) groups is 1. The fourth-order valence-corrected chi connectivity index (χ4v) is 3.86. The van der Waals surface area contributed by atoms with Crippen molar-refractivity contribution >= 4 is 44.7 Å². The van der Waals surface area contributed by atoms with E-state index >= 15 is 0 Å². The molecule has 0 saturated heterocycles. The predicted molar refractivity (Wildman–Crippen MR) is 105 cm³/mol. The smallest absolute Gasteiger partial charge is 0.279 e. The number of nitrogens with one attached hydrogen (secondary N) is 2. The minimum atomic E-state index is -0.0367. The minimum Gasteiger partial charge on any atom is -0.322 e. The van der Waals surface area contributed by atoms with E-state index in [0.29, 0.717) is 11.6 Å². The lowest BCUT2D eigenvalue weighted by molar-refractivity contribution is -0.902. The quantitative estimate of drug-likeness (QED) is 0.718. The summed E-state index contributed by atoms with van der Waals surface area (Å²) in [5.74, 6) is -0.0367. The summed E-state index contributed by atoms with van der Waals surface area (Å²) >= 11 is 7.80. The van der Waals surface area contributed by atoms with E-state index in [1.807, 2.05) is 44.3 Å². The van der Waals surface area contributed by atoms with Crippen molar-refractivity contribution in [3.8, 4) is 0 Å². The summed E-state index contributed by atoms with van der Waals surface area (Å²) < 4.78 is 1.18. The molecule has 0 radical (unpaired) electrons. The highest BCUT2D eigenvalue weighted by molar-refractivity contribution is 7.18. The van der Waals surface area contributed by atoms with Crippen molar-refractivity contribution in [3.63, 3.8) is 0 Å². The molecule has 2 aromatic carbocycles. The number of likely N-dealkylation sites (N-methyl/N-ethyl adjacent to an activating group) is 1. The van der Waals surface area contributed by atoms with Gasteiger partial charge in [0.1, 0.15) is 6.04 Å². The molecule has 0 aliphatic rings. The number of fused-ring (bicyclic) bond motifs is 1. The van der Waals surface area contributed by atoms with Gasteiger partial charge in [-0.3, -0.25) is 4.79 Å². The molecule has 130 valence electrons. The van der Waals surface area contributed by atoms with E-state index < -0.39 is 0 Å². The van der Waals surface area contributed by atoms with E-state index in [9.17, 15) is 4.79 Å². The van der Waals surface area contributed by atoms with Gasteiger partial charge in [0.25, 0.3) is 5.91 Å². The van der Waals surface area contributed by atoms with Crippen LogP contribution in [0.2, 0.25) is 5.02 Å². The third kappa shape index (κ3) is 4.18. The number of aromatic nitrogens is 1. The van der Waals surface area contributed by atoms with Crippen LogP contribution in [0.15, 0.2) is 42.5 Å². The third-order valence-electron chi connectivity index (χ3n) is 4.32. The van der Waals surface area contributed by atoms with Gasteiger partial charge in [0.15, 0.2) is 11.6 Å². The highest BCUT2D eigenvalue weighted by Gasteiger charge is 2.22. The summed E-state index contributed by atoms with van der Waals surface area (Å²) in [5.41, 5.74) is 2.73. The molecule has 0 fully saturated rings. The van der Waals surface area contributed by atoms with Gasteiger partial charge in [-0.15, -0.1) is 11.3 Å². The SMILES string of the molecule is Cc1ccc(NC(=O)C[NH+](C)[C@H](C)c2nc3ccccc3s2)cc1Cl. The topological polar surface area (TPSA) is 46.4 Å². The maximum absolute atomic E-state index is 12.3. The lowest BCUT2D eigenvalue weighted by Gasteiger charge is -2.19. The van der Waals surface area contributed by atoms with Crippen LogP contribution < -0.4 is 10.2 Å². The Balaban J connectivity index is 1.64. The molecule has 3 aromatic rings. The van der Waals surface area contributed by atoms with Crippen LogP contribution in [0.25, 0.3) is 10.2 Å². The van der Waals surface area contributed by atoms with Crippen molar-refractivity contribution in [2.45, 2.75) is 19.9 Å². The molecule has 6 heteroatoms. The monoisotopic (exact) mass is 374 g/mol. The highest BCUT2D eigenvalue weighted by atomic mass is 35.5. The highest BCUT2D eigenvalue weighted by Crippen LogP contribution is 2.24. The van der Waals surface area contributed by atoms with Crippen LogP contribution in [0.5, 0.6) is 0 Å². The van der Waals surface area contributed by atoms with Crippen molar-refractivity contribution < 1.29 is 9.69 Å². The van der Waals surface area contributed by atoms with E-state index in [0.717, 1.165) is 26.7 Å². The number of halogens is 1. The standard InChI is InChI=1S/C19H20ClN3OS/c1-12-8-9-14(10-15(12)20)21-18(24)11-23(3)13(2)19-22-16-6-4-5-7-17(16)25-19/h4-10,13H,11H2,1-3H3,(H,21,24)/p+1/t13-/m1/s1. The van der Waals surface area contributed by atoms with Crippen molar-refractivity contribution in [1.82, 2.24) is 4.98 Å². The molecule has 0 saturated carbocycles. The van der Waals surface area contributed by atoms with E-state index in [1.165, 1.54) is 4.70 Å². The Morgan fingerprint density at radius 2 is 2.08 bits per heavy atom. The summed E-state index contributed by atoms with van der Waals surface area (Å²) in [5, 5.41) is 4.61. The zero-order valence-corrected chi connectivity index (χ0v) is 16.0. The number of quaternary nitrogens is 1. The second kappa shape index (κ2) is 7.52. The number of rotatable bonds is 5. The number of benzene rings is 2. The maximum Gasteiger partial charge on any atom is 0.279 e. The Hall–Kier alpha value is -1.95. The van der Waals surface area contributed by atoms with Crippen LogP contribution in [-0.4, -0.2) is 24.5 Å². The summed E-state index contributed by atoms with van der Waals surface area (Å²) in [6.45, 7) is 4.40. The molecular formula is C19H21ClN3OS+. The Morgan fingerprint density at radius 3 is 2.80 bits per heavy atom.